The van der Waals surface area contributed by atoms with Crippen LogP contribution < -0.4 is 10.9 Å². The summed E-state index contributed by atoms with van der Waals surface area (Å²) in [5.41, 5.74) is -0.292. The normalized spacial score (nSPS) is 12.1. The summed E-state index contributed by atoms with van der Waals surface area (Å²) in [7, 11) is 0. The standard InChI is InChI=1S/C18H15F2N3O2S/c1-2-14(17(25)22-15-11(19)7-5-8-12(15)20)26-18-21-13-9-4-3-6-10(13)16(24)23-18/h3-9,14H,2H2,1H3,(H,22,25)(H,21,23,24). The molecule has 8 heteroatoms. The quantitative estimate of drug-likeness (QED) is 0.527. The van der Waals surface area contributed by atoms with E-state index in [-0.39, 0.29) is 10.7 Å². The first-order valence-corrected chi connectivity index (χ1v) is 8.78. The van der Waals surface area contributed by atoms with Gasteiger partial charge in [0.05, 0.1) is 16.2 Å². The summed E-state index contributed by atoms with van der Waals surface area (Å²) < 4.78 is 27.4. The number of hydrogen-bond acceptors (Lipinski definition) is 4. The molecule has 0 aliphatic heterocycles. The predicted molar refractivity (Wildman–Crippen MR) is 97.3 cm³/mol. The second-order valence-corrected chi connectivity index (χ2v) is 6.68. The number of nitrogens with one attached hydrogen (secondary N) is 2. The number of amides is 1. The SMILES string of the molecule is CCC(Sc1nc2ccccc2c(=O)[nH]1)C(=O)Nc1c(F)cccc1F. The summed E-state index contributed by atoms with van der Waals surface area (Å²) in [6.45, 7) is 1.76. The molecule has 1 heterocycles. The minimum atomic E-state index is -0.851. The summed E-state index contributed by atoms with van der Waals surface area (Å²) in [4.78, 5) is 31.5. The molecule has 0 spiro atoms. The van der Waals surface area contributed by atoms with Crippen molar-refractivity contribution in [2.24, 2.45) is 0 Å². The number of thioether (sulfide) groups is 1. The number of benzene rings is 2. The van der Waals surface area contributed by atoms with E-state index < -0.39 is 28.5 Å². The van der Waals surface area contributed by atoms with Gasteiger partial charge < -0.3 is 10.3 Å². The predicted octanol–water partition coefficient (Wildman–Crippen LogP) is 3.71. The van der Waals surface area contributed by atoms with Crippen LogP contribution in [-0.4, -0.2) is 21.1 Å². The highest BCUT2D eigenvalue weighted by Crippen LogP contribution is 2.25. The van der Waals surface area contributed by atoms with Crippen molar-refractivity contribution in [1.29, 1.82) is 0 Å². The first-order valence-electron chi connectivity index (χ1n) is 7.90. The molecule has 5 nitrogen and oxygen atoms in total. The van der Waals surface area contributed by atoms with Crippen molar-refractivity contribution in [3.05, 3.63) is 64.5 Å². The number of rotatable bonds is 5. The highest BCUT2D eigenvalue weighted by Gasteiger charge is 2.22. The molecule has 2 aromatic carbocycles. The molecule has 0 fully saturated rings. The van der Waals surface area contributed by atoms with Crippen LogP contribution >= 0.6 is 11.8 Å². The lowest BCUT2D eigenvalue weighted by atomic mass is 10.2. The molecule has 3 aromatic rings. The van der Waals surface area contributed by atoms with Gasteiger partial charge in [0.1, 0.15) is 17.3 Å². The lowest BCUT2D eigenvalue weighted by molar-refractivity contribution is -0.115. The number of carbonyl (C=O) groups is 1. The number of nitrogens with zero attached hydrogens (tertiary/aromatic N) is 1. The van der Waals surface area contributed by atoms with Crippen LogP contribution in [0.5, 0.6) is 0 Å². The van der Waals surface area contributed by atoms with Gasteiger partial charge >= 0.3 is 0 Å². The first kappa shape index (κ1) is 18.1. The number of para-hydroxylation sites is 2. The molecule has 0 saturated carbocycles. The maximum Gasteiger partial charge on any atom is 0.259 e. The van der Waals surface area contributed by atoms with Gasteiger partial charge in [0, 0.05) is 0 Å². The summed E-state index contributed by atoms with van der Waals surface area (Å²) in [6, 6.07) is 10.2. The van der Waals surface area contributed by atoms with Crippen LogP contribution in [0.15, 0.2) is 52.4 Å². The van der Waals surface area contributed by atoms with Crippen molar-refractivity contribution in [2.75, 3.05) is 5.32 Å². The molecular weight excluding hydrogens is 360 g/mol. The molecule has 3 rings (SSSR count). The number of aromatic nitrogens is 2. The maximum absolute atomic E-state index is 13.7. The van der Waals surface area contributed by atoms with Gasteiger partial charge in [-0.25, -0.2) is 13.8 Å². The summed E-state index contributed by atoms with van der Waals surface area (Å²) in [5.74, 6) is -2.27. The van der Waals surface area contributed by atoms with Crippen molar-refractivity contribution in [3.63, 3.8) is 0 Å². The average molecular weight is 375 g/mol. The third kappa shape index (κ3) is 3.75. The lowest BCUT2D eigenvalue weighted by Gasteiger charge is -2.15. The Balaban J connectivity index is 1.83. The second-order valence-electron chi connectivity index (χ2n) is 5.49. The van der Waals surface area contributed by atoms with E-state index in [1.165, 1.54) is 6.07 Å². The first-order chi connectivity index (χ1) is 12.5. The Morgan fingerprint density at radius 2 is 1.88 bits per heavy atom. The Bertz CT molecular complexity index is 1000. The van der Waals surface area contributed by atoms with Gasteiger partial charge in [0.2, 0.25) is 5.91 Å². The van der Waals surface area contributed by atoms with Crippen molar-refractivity contribution in [1.82, 2.24) is 9.97 Å². The molecule has 0 radical (unpaired) electrons. The highest BCUT2D eigenvalue weighted by molar-refractivity contribution is 8.00. The molecule has 1 aromatic heterocycles. The Morgan fingerprint density at radius 1 is 1.19 bits per heavy atom. The van der Waals surface area contributed by atoms with E-state index in [2.05, 4.69) is 15.3 Å². The molecule has 1 atom stereocenters. The van der Waals surface area contributed by atoms with E-state index in [0.29, 0.717) is 17.3 Å². The minimum Gasteiger partial charge on any atom is -0.320 e. The van der Waals surface area contributed by atoms with Gasteiger partial charge in [-0.15, -0.1) is 0 Å². The lowest BCUT2D eigenvalue weighted by Crippen LogP contribution is -2.26. The third-order valence-corrected chi connectivity index (χ3v) is 4.97. The number of halogens is 2. The van der Waals surface area contributed by atoms with Crippen LogP contribution in [0.2, 0.25) is 0 Å². The summed E-state index contributed by atoms with van der Waals surface area (Å²) in [5, 5.41) is 2.31. The average Bonchev–Trinajstić information content (AvgIpc) is 2.63. The number of fused-ring (bicyclic) bond motifs is 1. The molecule has 2 N–H and O–H groups in total. The van der Waals surface area contributed by atoms with E-state index >= 15 is 0 Å². The monoisotopic (exact) mass is 375 g/mol. The number of hydrogen-bond donors (Lipinski definition) is 2. The van der Waals surface area contributed by atoms with Gasteiger partial charge in [-0.2, -0.15) is 0 Å². The van der Waals surface area contributed by atoms with Crippen LogP contribution in [0.4, 0.5) is 14.5 Å². The molecular formula is C18H15F2N3O2S. The number of H-pyrrole nitrogens is 1. The number of anilines is 1. The van der Waals surface area contributed by atoms with Gasteiger partial charge in [-0.3, -0.25) is 9.59 Å². The zero-order valence-electron chi connectivity index (χ0n) is 13.8. The van der Waals surface area contributed by atoms with E-state index in [1.54, 1.807) is 31.2 Å². The highest BCUT2D eigenvalue weighted by atomic mass is 32.2. The van der Waals surface area contributed by atoms with E-state index in [4.69, 9.17) is 0 Å². The van der Waals surface area contributed by atoms with E-state index in [0.717, 1.165) is 23.9 Å². The van der Waals surface area contributed by atoms with Gasteiger partial charge in [0.15, 0.2) is 5.16 Å². The third-order valence-electron chi connectivity index (χ3n) is 3.72. The molecule has 1 unspecified atom stereocenters. The number of carbonyl (C=O) groups excluding carboxylic acids is 1. The summed E-state index contributed by atoms with van der Waals surface area (Å²) >= 11 is 1.03. The largest absolute Gasteiger partial charge is 0.320 e. The van der Waals surface area contributed by atoms with Crippen molar-refractivity contribution in [2.45, 2.75) is 23.8 Å². The molecule has 0 aliphatic rings. The fourth-order valence-electron chi connectivity index (χ4n) is 2.40. The molecule has 0 bridgehead atoms. The van der Waals surface area contributed by atoms with Gasteiger partial charge in [-0.05, 0) is 30.7 Å². The molecule has 26 heavy (non-hydrogen) atoms. The van der Waals surface area contributed by atoms with Crippen molar-refractivity contribution in [3.8, 4) is 0 Å². The second kappa shape index (κ2) is 7.65. The van der Waals surface area contributed by atoms with Crippen molar-refractivity contribution < 1.29 is 13.6 Å². The topological polar surface area (TPSA) is 74.8 Å². The van der Waals surface area contributed by atoms with Crippen LogP contribution in [0.1, 0.15) is 13.3 Å². The van der Waals surface area contributed by atoms with Crippen LogP contribution in [0.25, 0.3) is 10.9 Å². The van der Waals surface area contributed by atoms with Crippen LogP contribution in [-0.2, 0) is 4.79 Å². The summed E-state index contributed by atoms with van der Waals surface area (Å²) in [6.07, 6.45) is 0.378. The Kier molecular flexibility index (Phi) is 5.32. The zero-order chi connectivity index (χ0) is 18.7. The molecule has 0 saturated heterocycles. The van der Waals surface area contributed by atoms with Crippen molar-refractivity contribution >= 4 is 34.3 Å². The Labute approximate surface area is 151 Å². The molecule has 134 valence electrons. The smallest absolute Gasteiger partial charge is 0.259 e. The van der Waals surface area contributed by atoms with Crippen LogP contribution in [0, 0.1) is 11.6 Å². The van der Waals surface area contributed by atoms with E-state index in [1.807, 2.05) is 0 Å². The Morgan fingerprint density at radius 3 is 2.58 bits per heavy atom. The maximum atomic E-state index is 13.7. The van der Waals surface area contributed by atoms with E-state index in [9.17, 15) is 18.4 Å². The fourth-order valence-corrected chi connectivity index (χ4v) is 3.30. The fraction of sp³-hybridized carbons (Fsp3) is 0.167. The zero-order valence-corrected chi connectivity index (χ0v) is 14.6. The molecule has 1 amide bonds. The van der Waals surface area contributed by atoms with Gasteiger partial charge in [0.25, 0.3) is 5.56 Å². The number of aromatic amines is 1. The Hall–Kier alpha value is -2.74. The van der Waals surface area contributed by atoms with Gasteiger partial charge in [-0.1, -0.05) is 36.9 Å². The minimum absolute atomic E-state index is 0.268. The van der Waals surface area contributed by atoms with Crippen LogP contribution in [0.3, 0.4) is 0 Å². The molecule has 0 aliphatic carbocycles.